The lowest BCUT2D eigenvalue weighted by Crippen LogP contribution is -2.52. The molecule has 36 heavy (non-hydrogen) atoms. The van der Waals surface area contributed by atoms with Crippen LogP contribution < -0.4 is 10.6 Å². The molecule has 1 aliphatic heterocycles. The number of imide groups is 1. The fraction of sp³-hybridized carbons (Fsp3) is 0.333. The van der Waals surface area contributed by atoms with E-state index in [2.05, 4.69) is 10.6 Å². The van der Waals surface area contributed by atoms with Crippen molar-refractivity contribution in [2.45, 2.75) is 58.4 Å². The number of alkyl carbamates (subject to hydrolysis) is 2. The molecule has 2 atom stereocenters. The van der Waals surface area contributed by atoms with Crippen molar-refractivity contribution in [3.05, 3.63) is 83.6 Å². The number of ether oxygens (including phenoxy) is 2. The van der Waals surface area contributed by atoms with Gasteiger partial charge in [0.2, 0.25) is 0 Å². The van der Waals surface area contributed by atoms with Crippen LogP contribution in [0.4, 0.5) is 9.59 Å². The molecule has 1 aliphatic rings. The van der Waals surface area contributed by atoms with Gasteiger partial charge in [0, 0.05) is 0 Å². The molecule has 1 heterocycles. The Kier molecular flexibility index (Phi) is 8.47. The number of benzene rings is 2. The number of nitrogens with zero attached hydrogens (tertiary/aromatic N) is 1. The fourth-order valence-corrected chi connectivity index (χ4v) is 3.61. The highest BCUT2D eigenvalue weighted by molar-refractivity contribution is 6.09. The van der Waals surface area contributed by atoms with Crippen LogP contribution in [0.25, 0.3) is 0 Å². The van der Waals surface area contributed by atoms with E-state index in [1.165, 1.54) is 13.0 Å². The van der Waals surface area contributed by atoms with E-state index in [0.29, 0.717) is 6.42 Å². The Morgan fingerprint density at radius 3 is 2.11 bits per heavy atom. The van der Waals surface area contributed by atoms with E-state index in [1.807, 2.05) is 60.7 Å². The molecule has 0 unspecified atom stereocenters. The molecule has 0 fully saturated rings. The number of carbonyl (C=O) groups is 4. The van der Waals surface area contributed by atoms with Gasteiger partial charge in [-0.05, 0) is 51.3 Å². The van der Waals surface area contributed by atoms with Gasteiger partial charge in [-0.25, -0.2) is 9.59 Å². The average Bonchev–Trinajstić information content (AvgIpc) is 3.11. The summed E-state index contributed by atoms with van der Waals surface area (Å²) in [4.78, 5) is 52.0. The zero-order chi connectivity index (χ0) is 26.3. The van der Waals surface area contributed by atoms with Crippen molar-refractivity contribution in [1.29, 1.82) is 0 Å². The molecule has 190 valence electrons. The lowest BCUT2D eigenvalue weighted by molar-refractivity contribution is -0.144. The van der Waals surface area contributed by atoms with Crippen LogP contribution in [0, 0.1) is 0 Å². The molecule has 2 aromatic carbocycles. The van der Waals surface area contributed by atoms with Crippen molar-refractivity contribution < 1.29 is 28.7 Å². The van der Waals surface area contributed by atoms with Crippen LogP contribution in [0.15, 0.2) is 72.4 Å². The zero-order valence-electron chi connectivity index (χ0n) is 20.8. The molecular weight excluding hydrogens is 462 g/mol. The number of hydrogen-bond donors (Lipinski definition) is 2. The summed E-state index contributed by atoms with van der Waals surface area (Å²) in [5, 5.41) is 4.93. The Morgan fingerprint density at radius 1 is 0.944 bits per heavy atom. The van der Waals surface area contributed by atoms with E-state index < -0.39 is 41.7 Å². The van der Waals surface area contributed by atoms with Crippen molar-refractivity contribution in [3.8, 4) is 0 Å². The second kappa shape index (κ2) is 11.5. The Morgan fingerprint density at radius 2 is 1.53 bits per heavy atom. The third-order valence-electron chi connectivity index (χ3n) is 5.22. The van der Waals surface area contributed by atoms with E-state index in [1.54, 1.807) is 20.8 Å². The zero-order valence-corrected chi connectivity index (χ0v) is 20.8. The van der Waals surface area contributed by atoms with Gasteiger partial charge in [0.05, 0.1) is 6.04 Å². The number of hydrogen-bond acceptors (Lipinski definition) is 6. The van der Waals surface area contributed by atoms with Gasteiger partial charge in [-0.15, -0.1) is 0 Å². The van der Waals surface area contributed by atoms with Crippen LogP contribution in [-0.2, 0) is 32.1 Å². The first kappa shape index (κ1) is 26.5. The van der Waals surface area contributed by atoms with Gasteiger partial charge in [-0.1, -0.05) is 60.7 Å². The Balaban J connectivity index is 1.72. The lowest BCUT2D eigenvalue weighted by atomic mass is 10.1. The van der Waals surface area contributed by atoms with E-state index in [-0.39, 0.29) is 12.3 Å². The first-order valence-corrected chi connectivity index (χ1v) is 11.6. The minimum absolute atomic E-state index is 0.0288. The van der Waals surface area contributed by atoms with Crippen molar-refractivity contribution in [1.82, 2.24) is 15.5 Å². The van der Waals surface area contributed by atoms with E-state index in [9.17, 15) is 19.2 Å². The maximum absolute atomic E-state index is 13.3. The molecule has 0 radical (unpaired) electrons. The molecule has 9 heteroatoms. The molecule has 0 bridgehead atoms. The summed E-state index contributed by atoms with van der Waals surface area (Å²) in [5.74, 6) is -1.31. The summed E-state index contributed by atoms with van der Waals surface area (Å²) in [6.45, 7) is 6.62. The minimum Gasteiger partial charge on any atom is -0.444 e. The average molecular weight is 494 g/mol. The second-order valence-corrected chi connectivity index (χ2v) is 9.41. The van der Waals surface area contributed by atoms with Crippen LogP contribution in [-0.4, -0.2) is 46.6 Å². The summed E-state index contributed by atoms with van der Waals surface area (Å²) in [6.07, 6.45) is 0.274. The smallest absolute Gasteiger partial charge is 0.412 e. The number of carbonyl (C=O) groups excluding carboxylic acids is 4. The monoisotopic (exact) mass is 493 g/mol. The maximum Gasteiger partial charge on any atom is 0.412 e. The lowest BCUT2D eigenvalue weighted by Gasteiger charge is -2.27. The van der Waals surface area contributed by atoms with Gasteiger partial charge < -0.3 is 14.8 Å². The minimum atomic E-state index is -1.04. The van der Waals surface area contributed by atoms with Crippen LogP contribution in [0.3, 0.4) is 0 Å². The van der Waals surface area contributed by atoms with E-state index in [0.717, 1.165) is 16.0 Å². The van der Waals surface area contributed by atoms with Gasteiger partial charge >= 0.3 is 12.2 Å². The largest absolute Gasteiger partial charge is 0.444 e. The van der Waals surface area contributed by atoms with Gasteiger partial charge in [0.1, 0.15) is 23.9 Å². The highest BCUT2D eigenvalue weighted by atomic mass is 16.6. The molecule has 0 saturated carbocycles. The molecule has 0 aliphatic carbocycles. The van der Waals surface area contributed by atoms with Crippen LogP contribution in [0.1, 0.15) is 38.8 Å². The van der Waals surface area contributed by atoms with Crippen LogP contribution in [0.2, 0.25) is 0 Å². The third kappa shape index (κ3) is 7.43. The predicted molar refractivity (Wildman–Crippen MR) is 132 cm³/mol. The Labute approximate surface area is 210 Å². The summed E-state index contributed by atoms with van der Waals surface area (Å²) in [6, 6.07) is 16.7. The van der Waals surface area contributed by atoms with Crippen molar-refractivity contribution >= 4 is 24.0 Å². The first-order valence-electron chi connectivity index (χ1n) is 11.6. The fourth-order valence-electron chi connectivity index (χ4n) is 3.61. The molecule has 4 amide bonds. The second-order valence-electron chi connectivity index (χ2n) is 9.41. The number of rotatable bonds is 7. The SMILES string of the molecule is C[C@H](NC(=O)OC(C)(C)C)C(=O)N1C(=O)C(NC(=O)OCc2ccccc2)=C[C@@H]1Cc1ccccc1. The van der Waals surface area contributed by atoms with Gasteiger partial charge in [-0.3, -0.25) is 19.8 Å². The third-order valence-corrected chi connectivity index (χ3v) is 5.22. The van der Waals surface area contributed by atoms with Gasteiger partial charge in [-0.2, -0.15) is 0 Å². The van der Waals surface area contributed by atoms with E-state index in [4.69, 9.17) is 9.47 Å². The van der Waals surface area contributed by atoms with Crippen molar-refractivity contribution in [2.75, 3.05) is 0 Å². The molecule has 0 saturated heterocycles. The highest BCUT2D eigenvalue weighted by Gasteiger charge is 2.40. The summed E-state index contributed by atoms with van der Waals surface area (Å²) in [5.41, 5.74) is 0.877. The molecule has 3 rings (SSSR count). The maximum atomic E-state index is 13.3. The summed E-state index contributed by atoms with van der Waals surface area (Å²) < 4.78 is 10.4. The quantitative estimate of drug-likeness (QED) is 0.608. The molecular formula is C27H31N3O6. The van der Waals surface area contributed by atoms with Gasteiger partial charge in [0.15, 0.2) is 0 Å². The number of nitrogens with one attached hydrogen (secondary N) is 2. The Hall–Kier alpha value is -4.14. The Bertz CT molecular complexity index is 1130. The number of amides is 4. The standard InChI is InChI=1S/C27H31N3O6/c1-18(28-26(34)36-27(2,3)4)23(31)30-21(15-19-11-7-5-8-12-19)16-22(24(30)32)29-25(33)35-17-20-13-9-6-10-14-20/h5-14,16,18,21H,15,17H2,1-4H3,(H,28,34)(H,29,33)/t18-,21-/m0/s1. The highest BCUT2D eigenvalue weighted by Crippen LogP contribution is 2.22. The normalized spacial score (nSPS) is 16.1. The molecule has 0 aromatic heterocycles. The van der Waals surface area contributed by atoms with Gasteiger partial charge in [0.25, 0.3) is 11.8 Å². The van der Waals surface area contributed by atoms with Crippen LogP contribution in [0.5, 0.6) is 0 Å². The van der Waals surface area contributed by atoms with Crippen molar-refractivity contribution in [3.63, 3.8) is 0 Å². The summed E-state index contributed by atoms with van der Waals surface area (Å²) >= 11 is 0. The first-order chi connectivity index (χ1) is 17.0. The van der Waals surface area contributed by atoms with Crippen molar-refractivity contribution in [2.24, 2.45) is 0 Å². The van der Waals surface area contributed by atoms with E-state index >= 15 is 0 Å². The topological polar surface area (TPSA) is 114 Å². The predicted octanol–water partition coefficient (Wildman–Crippen LogP) is 3.69. The van der Waals surface area contributed by atoms with Crippen LogP contribution >= 0.6 is 0 Å². The molecule has 9 nitrogen and oxygen atoms in total. The molecule has 2 N–H and O–H groups in total. The summed E-state index contributed by atoms with van der Waals surface area (Å²) in [7, 11) is 0. The molecule has 0 spiro atoms. The molecule has 2 aromatic rings.